The van der Waals surface area contributed by atoms with Crippen molar-refractivity contribution >= 4 is 34.8 Å². The summed E-state index contributed by atoms with van der Waals surface area (Å²) in [5.74, 6) is 1.17. The Labute approximate surface area is 107 Å². The summed E-state index contributed by atoms with van der Waals surface area (Å²) in [4.78, 5) is 0. The number of alkyl halides is 1. The van der Waals surface area contributed by atoms with Gasteiger partial charge in [-0.1, -0.05) is 36.5 Å². The van der Waals surface area contributed by atoms with Crippen molar-refractivity contribution in [2.24, 2.45) is 5.92 Å². The van der Waals surface area contributed by atoms with Gasteiger partial charge in [-0.25, -0.2) is 0 Å². The van der Waals surface area contributed by atoms with Gasteiger partial charge in [0, 0.05) is 15.9 Å². The van der Waals surface area contributed by atoms with Gasteiger partial charge in [0.1, 0.15) is 0 Å². The first kappa shape index (κ1) is 13.2. The Balaban J connectivity index is 2.73. The summed E-state index contributed by atoms with van der Waals surface area (Å²) in [6, 6.07) is 5.58. The molecule has 0 nitrogen and oxygen atoms in total. The molecule has 0 aliphatic heterocycles. The second kappa shape index (κ2) is 6.62. The maximum absolute atomic E-state index is 6.10. The molecule has 3 heteroatoms. The molecule has 0 aliphatic carbocycles. The first-order chi connectivity index (χ1) is 7.17. The SMILES string of the molecule is CCCC(CCl)Cc1cc(Cl)ccc1Cl. The Kier molecular flexibility index (Phi) is 5.81. The van der Waals surface area contributed by atoms with Crippen LogP contribution in [0, 0.1) is 5.92 Å². The van der Waals surface area contributed by atoms with Crippen molar-refractivity contribution in [2.45, 2.75) is 26.2 Å². The van der Waals surface area contributed by atoms with E-state index < -0.39 is 0 Å². The first-order valence-electron chi connectivity index (χ1n) is 5.17. The third-order valence-electron chi connectivity index (χ3n) is 2.43. The van der Waals surface area contributed by atoms with Crippen LogP contribution in [0.4, 0.5) is 0 Å². The minimum Gasteiger partial charge on any atom is -0.126 e. The Bertz CT molecular complexity index is 310. The predicted molar refractivity (Wildman–Crippen MR) is 69.3 cm³/mol. The molecule has 1 unspecified atom stereocenters. The zero-order valence-electron chi connectivity index (χ0n) is 8.77. The van der Waals surface area contributed by atoms with Crippen molar-refractivity contribution in [3.63, 3.8) is 0 Å². The normalized spacial score (nSPS) is 12.8. The van der Waals surface area contributed by atoms with Crippen LogP contribution < -0.4 is 0 Å². The molecule has 0 N–H and O–H groups in total. The molecule has 0 aliphatic rings. The lowest BCUT2D eigenvalue weighted by Gasteiger charge is -2.13. The second-order valence-corrected chi connectivity index (χ2v) is 4.90. The van der Waals surface area contributed by atoms with Gasteiger partial charge in [-0.05, 0) is 42.5 Å². The fourth-order valence-electron chi connectivity index (χ4n) is 1.65. The highest BCUT2D eigenvalue weighted by Gasteiger charge is 2.10. The molecule has 0 spiro atoms. The van der Waals surface area contributed by atoms with Crippen LogP contribution in [-0.2, 0) is 6.42 Å². The molecule has 0 heterocycles. The summed E-state index contributed by atoms with van der Waals surface area (Å²) in [6.45, 7) is 2.17. The summed E-state index contributed by atoms with van der Waals surface area (Å²) in [5.41, 5.74) is 1.10. The molecule has 15 heavy (non-hydrogen) atoms. The van der Waals surface area contributed by atoms with Gasteiger partial charge in [-0.2, -0.15) is 0 Å². The molecule has 0 amide bonds. The van der Waals surface area contributed by atoms with Crippen LogP contribution in [0.2, 0.25) is 10.0 Å². The smallest absolute Gasteiger partial charge is 0.0439 e. The lowest BCUT2D eigenvalue weighted by Crippen LogP contribution is -2.06. The van der Waals surface area contributed by atoms with Crippen molar-refractivity contribution in [3.05, 3.63) is 33.8 Å². The number of benzene rings is 1. The number of hydrogen-bond acceptors (Lipinski definition) is 0. The van der Waals surface area contributed by atoms with Gasteiger partial charge in [0.05, 0.1) is 0 Å². The summed E-state index contributed by atoms with van der Waals surface area (Å²) in [5, 5.41) is 1.52. The maximum Gasteiger partial charge on any atom is 0.0439 e. The fourth-order valence-corrected chi connectivity index (χ4v) is 2.31. The lowest BCUT2D eigenvalue weighted by molar-refractivity contribution is 0.528. The van der Waals surface area contributed by atoms with Crippen LogP contribution in [-0.4, -0.2) is 5.88 Å². The summed E-state index contributed by atoms with van der Waals surface area (Å²) < 4.78 is 0. The minimum absolute atomic E-state index is 0.493. The van der Waals surface area contributed by atoms with Crippen LogP contribution in [0.5, 0.6) is 0 Å². The number of rotatable bonds is 5. The van der Waals surface area contributed by atoms with Crippen molar-refractivity contribution in [3.8, 4) is 0 Å². The molecule has 0 saturated carbocycles. The Morgan fingerprint density at radius 2 is 2.00 bits per heavy atom. The van der Waals surface area contributed by atoms with Gasteiger partial charge in [0.2, 0.25) is 0 Å². The lowest BCUT2D eigenvalue weighted by atomic mass is 9.97. The van der Waals surface area contributed by atoms with Gasteiger partial charge >= 0.3 is 0 Å². The van der Waals surface area contributed by atoms with Gasteiger partial charge in [-0.15, -0.1) is 11.6 Å². The summed E-state index contributed by atoms with van der Waals surface area (Å²) in [6.07, 6.45) is 3.19. The summed E-state index contributed by atoms with van der Waals surface area (Å²) in [7, 11) is 0. The molecular formula is C12H15Cl3. The Hall–Kier alpha value is 0.0900. The van der Waals surface area contributed by atoms with E-state index in [2.05, 4.69) is 6.92 Å². The molecule has 0 saturated heterocycles. The zero-order valence-corrected chi connectivity index (χ0v) is 11.0. The van der Waals surface area contributed by atoms with E-state index in [4.69, 9.17) is 34.8 Å². The van der Waals surface area contributed by atoms with E-state index in [1.54, 1.807) is 0 Å². The molecule has 84 valence electrons. The predicted octanol–water partition coefficient (Wildman–Crippen LogP) is 5.19. The Morgan fingerprint density at radius 3 is 2.60 bits per heavy atom. The highest BCUT2D eigenvalue weighted by Crippen LogP contribution is 2.25. The molecule has 0 fully saturated rings. The highest BCUT2D eigenvalue weighted by molar-refractivity contribution is 6.33. The fraction of sp³-hybridized carbons (Fsp3) is 0.500. The van der Waals surface area contributed by atoms with E-state index in [0.29, 0.717) is 11.8 Å². The van der Waals surface area contributed by atoms with E-state index in [9.17, 15) is 0 Å². The van der Waals surface area contributed by atoms with Gasteiger partial charge < -0.3 is 0 Å². The third-order valence-corrected chi connectivity index (χ3v) is 3.47. The van der Waals surface area contributed by atoms with Crippen LogP contribution in [0.1, 0.15) is 25.3 Å². The topological polar surface area (TPSA) is 0 Å². The average Bonchev–Trinajstić information content (AvgIpc) is 2.22. The monoisotopic (exact) mass is 264 g/mol. The van der Waals surface area contributed by atoms with Gasteiger partial charge in [-0.3, -0.25) is 0 Å². The van der Waals surface area contributed by atoms with E-state index in [1.807, 2.05) is 18.2 Å². The van der Waals surface area contributed by atoms with Crippen molar-refractivity contribution in [1.29, 1.82) is 0 Å². The van der Waals surface area contributed by atoms with Crippen molar-refractivity contribution in [1.82, 2.24) is 0 Å². The quantitative estimate of drug-likeness (QED) is 0.643. The number of halogens is 3. The average molecular weight is 266 g/mol. The molecule has 1 aromatic rings. The highest BCUT2D eigenvalue weighted by atomic mass is 35.5. The van der Waals surface area contributed by atoms with Crippen molar-refractivity contribution < 1.29 is 0 Å². The van der Waals surface area contributed by atoms with Gasteiger partial charge in [0.15, 0.2) is 0 Å². The zero-order chi connectivity index (χ0) is 11.3. The van der Waals surface area contributed by atoms with Gasteiger partial charge in [0.25, 0.3) is 0 Å². The molecular weight excluding hydrogens is 250 g/mol. The van der Waals surface area contributed by atoms with Crippen LogP contribution in [0.15, 0.2) is 18.2 Å². The molecule has 1 aromatic carbocycles. The molecule has 1 atom stereocenters. The molecule has 1 rings (SSSR count). The number of hydrogen-bond donors (Lipinski definition) is 0. The van der Waals surface area contributed by atoms with E-state index in [0.717, 1.165) is 34.9 Å². The largest absolute Gasteiger partial charge is 0.126 e. The first-order valence-corrected chi connectivity index (χ1v) is 6.46. The minimum atomic E-state index is 0.493. The Morgan fingerprint density at radius 1 is 1.27 bits per heavy atom. The van der Waals surface area contributed by atoms with E-state index >= 15 is 0 Å². The van der Waals surface area contributed by atoms with Crippen LogP contribution in [0.3, 0.4) is 0 Å². The molecule has 0 aromatic heterocycles. The van der Waals surface area contributed by atoms with E-state index in [-0.39, 0.29) is 0 Å². The standard InChI is InChI=1S/C12H15Cl3/c1-2-3-9(8-13)6-10-7-11(14)4-5-12(10)15/h4-5,7,9H,2-3,6,8H2,1H3. The second-order valence-electron chi connectivity index (χ2n) is 3.75. The summed E-state index contributed by atoms with van der Waals surface area (Å²) >= 11 is 17.9. The third kappa shape index (κ3) is 4.22. The van der Waals surface area contributed by atoms with E-state index in [1.165, 1.54) is 0 Å². The maximum atomic E-state index is 6.10. The molecule has 0 radical (unpaired) electrons. The van der Waals surface area contributed by atoms with Crippen LogP contribution in [0.25, 0.3) is 0 Å². The van der Waals surface area contributed by atoms with Crippen LogP contribution >= 0.6 is 34.8 Å². The molecule has 0 bridgehead atoms. The van der Waals surface area contributed by atoms with Crippen molar-refractivity contribution in [2.75, 3.05) is 5.88 Å².